The van der Waals surface area contributed by atoms with Gasteiger partial charge in [-0.15, -0.1) is 0 Å². The van der Waals surface area contributed by atoms with Crippen LogP contribution in [0, 0.1) is 35.5 Å². The summed E-state index contributed by atoms with van der Waals surface area (Å²) in [6.45, 7) is 0. The highest BCUT2D eigenvalue weighted by molar-refractivity contribution is 6.59. The molecule has 0 bridgehead atoms. The number of hydrogen-bond acceptors (Lipinski definition) is 2. The van der Waals surface area contributed by atoms with Crippen molar-refractivity contribution in [3.05, 3.63) is 274 Å². The highest BCUT2D eigenvalue weighted by Gasteiger charge is 2.35. The Morgan fingerprint density at radius 1 is 0.279 bits per heavy atom. The van der Waals surface area contributed by atoms with Crippen LogP contribution in [0.4, 0.5) is 0 Å². The van der Waals surface area contributed by atoms with Crippen LogP contribution in [0.2, 0.25) is 0 Å². The van der Waals surface area contributed by atoms with Crippen molar-refractivity contribution >= 4 is 28.1 Å². The number of carbonyl (C=O) groups excluding carboxylic acids is 1. The fourth-order valence-electron chi connectivity index (χ4n) is 7.27. The smallest absolute Gasteiger partial charge is 0.195 e. The van der Waals surface area contributed by atoms with E-state index in [1.54, 1.807) is 0 Å². The number of rotatable bonds is 6. The van der Waals surface area contributed by atoms with Gasteiger partial charge in [0.1, 0.15) is 11.5 Å². The van der Waals surface area contributed by atoms with Crippen LogP contribution in [-0.2, 0) is 4.79 Å². The average molecular weight is 777 g/mol. The molecular formula is C59H36O2. The molecule has 0 fully saturated rings. The van der Waals surface area contributed by atoms with Crippen LogP contribution in [0.1, 0.15) is 55.6 Å². The van der Waals surface area contributed by atoms with Crippen LogP contribution in [0.3, 0.4) is 0 Å². The van der Waals surface area contributed by atoms with E-state index in [2.05, 4.69) is 47.7 Å². The zero-order valence-corrected chi connectivity index (χ0v) is 33.1. The summed E-state index contributed by atoms with van der Waals surface area (Å²) in [6, 6.07) is 71.5. The lowest BCUT2D eigenvalue weighted by Crippen LogP contribution is -2.01. The van der Waals surface area contributed by atoms with Gasteiger partial charge >= 0.3 is 0 Å². The predicted octanol–water partition coefficient (Wildman–Crippen LogP) is 12.8. The van der Waals surface area contributed by atoms with E-state index in [-0.39, 0.29) is 5.78 Å². The van der Waals surface area contributed by atoms with Crippen LogP contribution < -0.4 is 4.74 Å². The van der Waals surface area contributed by atoms with Gasteiger partial charge in [-0.2, -0.15) is 0 Å². The highest BCUT2D eigenvalue weighted by atomic mass is 16.5. The van der Waals surface area contributed by atoms with Crippen molar-refractivity contribution in [3.8, 4) is 47.0 Å². The van der Waals surface area contributed by atoms with Crippen molar-refractivity contribution in [2.24, 2.45) is 0 Å². The second-order valence-corrected chi connectivity index (χ2v) is 14.3. The van der Waals surface area contributed by atoms with E-state index >= 15 is 4.79 Å². The molecule has 0 unspecified atom stereocenters. The topological polar surface area (TPSA) is 26.3 Å². The zero-order valence-electron chi connectivity index (χ0n) is 33.1. The Morgan fingerprint density at radius 2 is 0.623 bits per heavy atom. The van der Waals surface area contributed by atoms with Gasteiger partial charge in [0.25, 0.3) is 0 Å². The van der Waals surface area contributed by atoms with Crippen molar-refractivity contribution in [3.63, 3.8) is 0 Å². The van der Waals surface area contributed by atoms with Crippen LogP contribution in [0.5, 0.6) is 11.5 Å². The Morgan fingerprint density at radius 3 is 1.10 bits per heavy atom. The highest BCUT2D eigenvalue weighted by Crippen LogP contribution is 2.50. The molecule has 2 nitrogen and oxygen atoms in total. The molecular weight excluding hydrogens is 741 g/mol. The summed E-state index contributed by atoms with van der Waals surface area (Å²) in [5, 5.41) is 0. The number of benzene rings is 8. The van der Waals surface area contributed by atoms with Gasteiger partial charge in [-0.1, -0.05) is 169 Å². The molecule has 1 aliphatic carbocycles. The summed E-state index contributed by atoms with van der Waals surface area (Å²) in [6.07, 6.45) is 0. The van der Waals surface area contributed by atoms with Crippen LogP contribution in [-0.4, -0.2) is 5.78 Å². The molecule has 0 heterocycles. The molecule has 0 N–H and O–H groups in total. The van der Waals surface area contributed by atoms with Crippen molar-refractivity contribution in [2.45, 2.75) is 0 Å². The summed E-state index contributed by atoms with van der Waals surface area (Å²) in [7, 11) is 0. The standard InChI is InChI=1S/C59H36O2/c60-59-57(48-22-12-4-13-23-48)55(50-36-40-54(41-37-50)61-53-38-30-46(31-39-53)27-26-43-16-6-1-7-17-43)56(58(59)49-24-14-5-15-25-49)52-35-34-47(32-28-44-18-8-2-9-19-44)51(42-52)33-29-45-20-10-3-11-21-45/h1-25,30-31,34-42H. The summed E-state index contributed by atoms with van der Waals surface area (Å²) in [4.78, 5) is 15.1. The Labute approximate surface area is 357 Å². The number of allylic oxidation sites excluding steroid dienone is 4. The molecule has 2 heteroatoms. The van der Waals surface area contributed by atoms with Gasteiger partial charge in [-0.3, -0.25) is 4.79 Å². The Hall–Kier alpha value is -8.61. The predicted molar refractivity (Wildman–Crippen MR) is 248 cm³/mol. The lowest BCUT2D eigenvalue weighted by atomic mass is 9.88. The van der Waals surface area contributed by atoms with E-state index in [9.17, 15) is 0 Å². The maximum absolute atomic E-state index is 15.1. The molecule has 0 spiro atoms. The van der Waals surface area contributed by atoms with Gasteiger partial charge in [0.05, 0.1) is 0 Å². The third-order valence-corrected chi connectivity index (χ3v) is 10.2. The number of Topliss-reactive ketones (excluding diaryl/α,β-unsaturated/α-hetero) is 1. The zero-order chi connectivity index (χ0) is 41.2. The van der Waals surface area contributed by atoms with Crippen molar-refractivity contribution in [1.82, 2.24) is 0 Å². The van der Waals surface area contributed by atoms with Crippen LogP contribution >= 0.6 is 0 Å². The summed E-state index contributed by atoms with van der Waals surface area (Å²) < 4.78 is 6.32. The van der Waals surface area contributed by atoms with Gasteiger partial charge in [0.2, 0.25) is 0 Å². The maximum atomic E-state index is 15.1. The number of carbonyl (C=O) groups is 1. The van der Waals surface area contributed by atoms with Gasteiger partial charge in [-0.05, 0) is 107 Å². The Balaban J connectivity index is 1.15. The minimum absolute atomic E-state index is 0.0388. The fraction of sp³-hybridized carbons (Fsp3) is 0. The van der Waals surface area contributed by atoms with Gasteiger partial charge < -0.3 is 4.74 Å². The van der Waals surface area contributed by atoms with Crippen LogP contribution in [0.25, 0.3) is 22.3 Å². The molecule has 0 aliphatic heterocycles. The van der Waals surface area contributed by atoms with Crippen molar-refractivity contribution in [2.75, 3.05) is 0 Å². The normalized spacial score (nSPS) is 11.8. The van der Waals surface area contributed by atoms with Gasteiger partial charge in [-0.25, -0.2) is 0 Å². The first-order valence-corrected chi connectivity index (χ1v) is 20.0. The Kier molecular flexibility index (Phi) is 11.1. The second-order valence-electron chi connectivity index (χ2n) is 14.3. The quantitative estimate of drug-likeness (QED) is 0.157. The lowest BCUT2D eigenvalue weighted by molar-refractivity contribution is -0.108. The molecule has 284 valence electrons. The minimum Gasteiger partial charge on any atom is -0.457 e. The molecule has 0 amide bonds. The van der Waals surface area contributed by atoms with Gasteiger partial charge in [0, 0.05) is 55.7 Å². The van der Waals surface area contributed by atoms with Crippen molar-refractivity contribution < 1.29 is 9.53 Å². The third kappa shape index (κ3) is 8.79. The van der Waals surface area contributed by atoms with Gasteiger partial charge in [0.15, 0.2) is 5.78 Å². The monoisotopic (exact) mass is 776 g/mol. The molecule has 0 radical (unpaired) electrons. The van der Waals surface area contributed by atoms with E-state index in [1.807, 2.05) is 206 Å². The molecule has 0 atom stereocenters. The van der Waals surface area contributed by atoms with E-state index in [0.29, 0.717) is 22.6 Å². The average Bonchev–Trinajstić information content (AvgIpc) is 3.64. The largest absolute Gasteiger partial charge is 0.457 e. The molecule has 8 aromatic rings. The third-order valence-electron chi connectivity index (χ3n) is 10.2. The van der Waals surface area contributed by atoms with E-state index in [1.165, 1.54) is 0 Å². The SMILES string of the molecule is O=C1C(c2ccccc2)=C(c2ccc(Oc3ccc(C#Cc4ccccc4)cc3)cc2)C(c2ccc(C#Cc3ccccc3)c(C#Cc3ccccc3)c2)=C1c1ccccc1. The number of ketones is 1. The molecule has 0 saturated carbocycles. The summed E-state index contributed by atoms with van der Waals surface area (Å²) in [5.74, 6) is 21.3. The second kappa shape index (κ2) is 17.9. The number of hydrogen-bond donors (Lipinski definition) is 0. The molecule has 8 aromatic carbocycles. The molecule has 1 aliphatic rings. The van der Waals surface area contributed by atoms with E-state index < -0.39 is 0 Å². The first-order valence-electron chi connectivity index (χ1n) is 20.0. The molecule has 0 saturated heterocycles. The van der Waals surface area contributed by atoms with E-state index in [0.717, 1.165) is 66.8 Å². The summed E-state index contributed by atoms with van der Waals surface area (Å²) in [5.41, 5.74) is 11.6. The summed E-state index contributed by atoms with van der Waals surface area (Å²) >= 11 is 0. The van der Waals surface area contributed by atoms with Crippen LogP contribution in [0.15, 0.2) is 218 Å². The maximum Gasteiger partial charge on any atom is 0.195 e. The van der Waals surface area contributed by atoms with E-state index in [4.69, 9.17) is 4.74 Å². The minimum atomic E-state index is -0.0388. The van der Waals surface area contributed by atoms with Crippen molar-refractivity contribution in [1.29, 1.82) is 0 Å². The Bertz CT molecular complexity index is 3110. The lowest BCUT2D eigenvalue weighted by Gasteiger charge is -2.15. The first kappa shape index (κ1) is 37.9. The fourth-order valence-corrected chi connectivity index (χ4v) is 7.27. The molecule has 9 rings (SSSR count). The first-order chi connectivity index (χ1) is 30.2. The molecule has 0 aromatic heterocycles. The number of ether oxygens (including phenoxy) is 1. The molecule has 61 heavy (non-hydrogen) atoms.